The molecule has 1 aliphatic heterocycles. The third-order valence-corrected chi connectivity index (χ3v) is 3.94. The summed E-state index contributed by atoms with van der Waals surface area (Å²) in [5.74, 6) is 1.68. The second kappa shape index (κ2) is 6.57. The Hall–Kier alpha value is -0.320. The van der Waals surface area contributed by atoms with Crippen molar-refractivity contribution in [2.75, 3.05) is 26.2 Å². The lowest BCUT2D eigenvalue weighted by Gasteiger charge is -2.20. The third kappa shape index (κ3) is 4.12. The van der Waals surface area contributed by atoms with Crippen LogP contribution in [0.15, 0.2) is 21.2 Å². The number of furan rings is 1. The Morgan fingerprint density at radius 1 is 1.47 bits per heavy atom. The fourth-order valence-electron chi connectivity index (χ4n) is 2.35. The first-order chi connectivity index (χ1) is 8.25. The van der Waals surface area contributed by atoms with Gasteiger partial charge >= 0.3 is 0 Å². The summed E-state index contributed by atoms with van der Waals surface area (Å²) in [5, 5.41) is 3.45. The van der Waals surface area contributed by atoms with E-state index in [0.29, 0.717) is 5.92 Å². The van der Waals surface area contributed by atoms with Gasteiger partial charge in [-0.2, -0.15) is 0 Å². The van der Waals surface area contributed by atoms with Gasteiger partial charge in [0.2, 0.25) is 0 Å². The van der Waals surface area contributed by atoms with Gasteiger partial charge in [-0.15, -0.1) is 0 Å². The lowest BCUT2D eigenvalue weighted by molar-refractivity contribution is 0.281. The summed E-state index contributed by atoms with van der Waals surface area (Å²) in [5.41, 5.74) is 0. The molecule has 1 atom stereocenters. The molecule has 4 heteroatoms. The fourth-order valence-corrected chi connectivity index (χ4v) is 2.70. The van der Waals surface area contributed by atoms with Gasteiger partial charge in [-0.1, -0.05) is 6.92 Å². The van der Waals surface area contributed by atoms with Crippen LogP contribution in [-0.4, -0.2) is 31.1 Å². The number of likely N-dealkylation sites (tertiary alicyclic amines) is 1. The maximum atomic E-state index is 5.36. The van der Waals surface area contributed by atoms with Crippen molar-refractivity contribution in [3.63, 3.8) is 0 Å². The van der Waals surface area contributed by atoms with Gasteiger partial charge in [-0.25, -0.2) is 0 Å². The van der Waals surface area contributed by atoms with E-state index < -0.39 is 0 Å². The zero-order valence-corrected chi connectivity index (χ0v) is 12.0. The maximum absolute atomic E-state index is 5.36. The minimum Gasteiger partial charge on any atom is -0.467 e. The first-order valence-electron chi connectivity index (χ1n) is 6.40. The molecular weight excluding hydrogens is 280 g/mol. The zero-order valence-electron chi connectivity index (χ0n) is 10.4. The van der Waals surface area contributed by atoms with Gasteiger partial charge in [0, 0.05) is 6.54 Å². The Morgan fingerprint density at radius 3 is 2.88 bits per heavy atom. The van der Waals surface area contributed by atoms with Gasteiger partial charge in [0.05, 0.1) is 17.3 Å². The van der Waals surface area contributed by atoms with Crippen molar-refractivity contribution >= 4 is 15.9 Å². The van der Waals surface area contributed by atoms with Gasteiger partial charge in [0.1, 0.15) is 5.76 Å². The predicted molar refractivity (Wildman–Crippen MR) is 73.0 cm³/mol. The molecule has 1 aromatic rings. The van der Waals surface area contributed by atoms with Crippen LogP contribution >= 0.6 is 15.9 Å². The highest BCUT2D eigenvalue weighted by Crippen LogP contribution is 2.17. The molecule has 17 heavy (non-hydrogen) atoms. The Labute approximate surface area is 112 Å². The first-order valence-corrected chi connectivity index (χ1v) is 7.20. The molecule has 0 bridgehead atoms. The second-order valence-corrected chi connectivity index (χ2v) is 5.79. The second-order valence-electron chi connectivity index (χ2n) is 4.94. The smallest absolute Gasteiger partial charge is 0.131 e. The van der Waals surface area contributed by atoms with E-state index >= 15 is 0 Å². The van der Waals surface area contributed by atoms with Crippen LogP contribution in [0.1, 0.15) is 25.5 Å². The normalized spacial score (nSPS) is 18.7. The number of nitrogens with one attached hydrogen (secondary N) is 1. The summed E-state index contributed by atoms with van der Waals surface area (Å²) in [6.07, 6.45) is 4.47. The molecule has 2 heterocycles. The highest BCUT2D eigenvalue weighted by Gasteiger charge is 2.14. The topological polar surface area (TPSA) is 28.4 Å². The molecular formula is C13H21BrN2O. The molecule has 0 spiro atoms. The molecule has 1 saturated heterocycles. The average molecular weight is 301 g/mol. The number of halogens is 1. The van der Waals surface area contributed by atoms with E-state index in [9.17, 15) is 0 Å². The first kappa shape index (κ1) is 13.1. The summed E-state index contributed by atoms with van der Waals surface area (Å²) >= 11 is 3.46. The number of hydrogen-bond donors (Lipinski definition) is 1. The molecule has 0 saturated carbocycles. The summed E-state index contributed by atoms with van der Waals surface area (Å²) in [6, 6.07) is 1.94. The molecule has 1 aliphatic rings. The third-order valence-electron chi connectivity index (χ3n) is 3.24. The molecule has 2 rings (SSSR count). The van der Waals surface area contributed by atoms with E-state index in [4.69, 9.17) is 4.42 Å². The van der Waals surface area contributed by atoms with Crippen LogP contribution in [0.3, 0.4) is 0 Å². The summed E-state index contributed by atoms with van der Waals surface area (Å²) in [7, 11) is 0. The Morgan fingerprint density at radius 2 is 2.24 bits per heavy atom. The maximum Gasteiger partial charge on any atom is 0.131 e. The molecule has 96 valence electrons. The Kier molecular flexibility index (Phi) is 5.07. The van der Waals surface area contributed by atoms with Gasteiger partial charge in [-0.3, -0.25) is 0 Å². The fraction of sp³-hybridized carbons (Fsp3) is 0.692. The summed E-state index contributed by atoms with van der Waals surface area (Å²) in [4.78, 5) is 2.56. The Balaban J connectivity index is 1.62. The van der Waals surface area contributed by atoms with Gasteiger partial charge in [0.25, 0.3) is 0 Å². The van der Waals surface area contributed by atoms with E-state index in [1.807, 2.05) is 6.07 Å². The molecule has 0 amide bonds. The van der Waals surface area contributed by atoms with Crippen LogP contribution in [-0.2, 0) is 6.54 Å². The van der Waals surface area contributed by atoms with E-state index in [1.54, 1.807) is 6.26 Å². The molecule has 1 N–H and O–H groups in total. The minimum absolute atomic E-state index is 0.696. The van der Waals surface area contributed by atoms with Crippen LogP contribution in [0.5, 0.6) is 0 Å². The summed E-state index contributed by atoms with van der Waals surface area (Å²) < 4.78 is 6.41. The van der Waals surface area contributed by atoms with Crippen molar-refractivity contribution in [1.82, 2.24) is 10.2 Å². The van der Waals surface area contributed by atoms with E-state index in [-0.39, 0.29) is 0 Å². The van der Waals surface area contributed by atoms with Gasteiger partial charge in [0.15, 0.2) is 0 Å². The molecule has 0 aliphatic carbocycles. The van der Waals surface area contributed by atoms with Crippen molar-refractivity contribution in [2.24, 2.45) is 5.92 Å². The van der Waals surface area contributed by atoms with Crippen molar-refractivity contribution in [2.45, 2.75) is 26.3 Å². The van der Waals surface area contributed by atoms with Crippen LogP contribution in [0, 0.1) is 5.92 Å². The largest absolute Gasteiger partial charge is 0.467 e. The number of hydrogen-bond acceptors (Lipinski definition) is 3. The minimum atomic E-state index is 0.696. The van der Waals surface area contributed by atoms with Crippen molar-refractivity contribution in [1.29, 1.82) is 0 Å². The van der Waals surface area contributed by atoms with Crippen LogP contribution in [0.4, 0.5) is 0 Å². The summed E-state index contributed by atoms with van der Waals surface area (Å²) in [6.45, 7) is 7.94. The standard InChI is InChI=1S/C13H21BrN2O/c1-11(10-16-5-2-3-6-16)8-15-9-13-12(14)4-7-17-13/h4,7,11,15H,2-3,5-6,8-10H2,1H3. The van der Waals surface area contributed by atoms with Gasteiger partial charge in [-0.05, 0) is 60.4 Å². The van der Waals surface area contributed by atoms with E-state index in [1.165, 1.54) is 32.5 Å². The molecule has 1 unspecified atom stereocenters. The van der Waals surface area contributed by atoms with Gasteiger partial charge < -0.3 is 14.6 Å². The van der Waals surface area contributed by atoms with Crippen LogP contribution < -0.4 is 5.32 Å². The quantitative estimate of drug-likeness (QED) is 0.876. The number of nitrogens with zero attached hydrogens (tertiary/aromatic N) is 1. The molecule has 0 radical (unpaired) electrons. The molecule has 3 nitrogen and oxygen atoms in total. The van der Waals surface area contributed by atoms with Crippen LogP contribution in [0.25, 0.3) is 0 Å². The van der Waals surface area contributed by atoms with E-state index in [0.717, 1.165) is 23.3 Å². The highest BCUT2D eigenvalue weighted by atomic mass is 79.9. The predicted octanol–water partition coefficient (Wildman–Crippen LogP) is 2.86. The average Bonchev–Trinajstić information content (AvgIpc) is 2.91. The lowest BCUT2D eigenvalue weighted by Crippen LogP contribution is -2.31. The molecule has 0 aromatic carbocycles. The Bertz CT molecular complexity index is 334. The zero-order chi connectivity index (χ0) is 12.1. The van der Waals surface area contributed by atoms with Crippen molar-refractivity contribution < 1.29 is 4.42 Å². The monoisotopic (exact) mass is 300 g/mol. The van der Waals surface area contributed by atoms with Crippen molar-refractivity contribution in [3.05, 3.63) is 22.6 Å². The molecule has 1 fully saturated rings. The highest BCUT2D eigenvalue weighted by molar-refractivity contribution is 9.10. The van der Waals surface area contributed by atoms with E-state index in [2.05, 4.69) is 33.1 Å². The van der Waals surface area contributed by atoms with Crippen LogP contribution in [0.2, 0.25) is 0 Å². The lowest BCUT2D eigenvalue weighted by atomic mass is 10.1. The number of rotatable bonds is 6. The van der Waals surface area contributed by atoms with Crippen molar-refractivity contribution in [3.8, 4) is 0 Å². The SMILES string of the molecule is CC(CNCc1occc1Br)CN1CCCC1. The molecule has 1 aromatic heterocycles.